The molecule has 1 aromatic heterocycles. The fourth-order valence-corrected chi connectivity index (χ4v) is 4.25. The molecule has 4 aromatic carbocycles. The molecule has 0 saturated heterocycles. The molecule has 3 nitrogen and oxygen atoms in total. The van der Waals surface area contributed by atoms with Crippen molar-refractivity contribution in [3.8, 4) is 22.5 Å². The average molecular weight is 524 g/mol. The molecule has 0 spiro atoms. The molecule has 0 atom stereocenters. The molecular weight excluding hydrogens is 506 g/mol. The van der Waals surface area contributed by atoms with Gasteiger partial charge in [0.1, 0.15) is 0 Å². The topological polar surface area (TPSA) is 37.8 Å². The third-order valence-corrected chi connectivity index (χ3v) is 6.53. The Hall–Kier alpha value is -3.61. The molecule has 180 valence electrons. The molecule has 5 rings (SSSR count). The van der Waals surface area contributed by atoms with Crippen LogP contribution >= 0.6 is 23.2 Å². The highest BCUT2D eigenvalue weighted by atomic mass is 35.5. The minimum atomic E-state index is -4.49. The summed E-state index contributed by atoms with van der Waals surface area (Å²) in [6.45, 7) is 0.541. The van der Waals surface area contributed by atoms with Gasteiger partial charge in [-0.2, -0.15) is 13.2 Å². The van der Waals surface area contributed by atoms with Gasteiger partial charge in [-0.25, -0.2) is 9.97 Å². The predicted molar refractivity (Wildman–Crippen MR) is 139 cm³/mol. The molecular formula is C28H18Cl2F3N3. The molecule has 0 amide bonds. The minimum Gasteiger partial charge on any atom is -0.380 e. The van der Waals surface area contributed by atoms with Crippen molar-refractivity contribution >= 4 is 39.8 Å². The van der Waals surface area contributed by atoms with Crippen LogP contribution in [0.2, 0.25) is 10.0 Å². The Morgan fingerprint density at radius 2 is 1.53 bits per heavy atom. The Labute approximate surface area is 215 Å². The van der Waals surface area contributed by atoms with Crippen molar-refractivity contribution < 1.29 is 13.2 Å². The molecule has 36 heavy (non-hydrogen) atoms. The number of halogens is 5. The van der Waals surface area contributed by atoms with Crippen molar-refractivity contribution in [3.05, 3.63) is 112 Å². The maximum absolute atomic E-state index is 13.5. The lowest BCUT2D eigenvalue weighted by Gasteiger charge is -2.13. The van der Waals surface area contributed by atoms with Crippen LogP contribution < -0.4 is 5.32 Å². The van der Waals surface area contributed by atoms with Crippen LogP contribution in [0.5, 0.6) is 0 Å². The van der Waals surface area contributed by atoms with E-state index in [1.54, 1.807) is 24.4 Å². The SMILES string of the molecule is FC(F)(F)c1ccccc1-c1ncc2c(NCc3ccc(-c4ccc(Cl)c(Cl)c4)cc3)cccc2n1. The molecule has 1 N–H and O–H groups in total. The zero-order valence-electron chi connectivity index (χ0n) is 18.7. The molecule has 0 aliphatic rings. The first kappa shape index (κ1) is 24.1. The van der Waals surface area contributed by atoms with Crippen LogP contribution in [0.3, 0.4) is 0 Å². The van der Waals surface area contributed by atoms with E-state index in [0.29, 0.717) is 22.1 Å². The largest absolute Gasteiger partial charge is 0.417 e. The van der Waals surface area contributed by atoms with Gasteiger partial charge in [-0.15, -0.1) is 0 Å². The number of nitrogens with one attached hydrogen (secondary N) is 1. The van der Waals surface area contributed by atoms with E-state index in [9.17, 15) is 13.2 Å². The highest BCUT2D eigenvalue weighted by Crippen LogP contribution is 2.36. The van der Waals surface area contributed by atoms with Gasteiger partial charge in [-0.1, -0.05) is 77.8 Å². The lowest BCUT2D eigenvalue weighted by molar-refractivity contribution is -0.137. The van der Waals surface area contributed by atoms with Crippen molar-refractivity contribution in [1.29, 1.82) is 0 Å². The van der Waals surface area contributed by atoms with Crippen LogP contribution in [-0.4, -0.2) is 9.97 Å². The molecule has 0 bridgehead atoms. The summed E-state index contributed by atoms with van der Waals surface area (Å²) in [5, 5.41) is 5.11. The van der Waals surface area contributed by atoms with Crippen molar-refractivity contribution in [2.24, 2.45) is 0 Å². The number of fused-ring (bicyclic) bond motifs is 1. The van der Waals surface area contributed by atoms with Crippen LogP contribution in [-0.2, 0) is 12.7 Å². The van der Waals surface area contributed by atoms with Gasteiger partial charge in [0.05, 0.1) is 21.1 Å². The monoisotopic (exact) mass is 523 g/mol. The molecule has 0 fully saturated rings. The fourth-order valence-electron chi connectivity index (χ4n) is 3.95. The van der Waals surface area contributed by atoms with Crippen molar-refractivity contribution in [2.45, 2.75) is 12.7 Å². The summed E-state index contributed by atoms with van der Waals surface area (Å²) in [5.41, 5.74) is 3.57. The number of nitrogens with zero attached hydrogens (tertiary/aromatic N) is 2. The van der Waals surface area contributed by atoms with E-state index in [0.717, 1.165) is 33.8 Å². The van der Waals surface area contributed by atoms with E-state index in [4.69, 9.17) is 23.2 Å². The summed E-state index contributed by atoms with van der Waals surface area (Å²) in [6, 6.07) is 24.3. The van der Waals surface area contributed by atoms with Crippen molar-refractivity contribution in [1.82, 2.24) is 9.97 Å². The van der Waals surface area contributed by atoms with Gasteiger partial charge in [-0.05, 0) is 47.0 Å². The number of rotatable bonds is 5. The molecule has 0 unspecified atom stereocenters. The number of hydrogen-bond donors (Lipinski definition) is 1. The number of hydrogen-bond acceptors (Lipinski definition) is 3. The van der Waals surface area contributed by atoms with Gasteiger partial charge in [0.25, 0.3) is 0 Å². The number of benzene rings is 4. The summed E-state index contributed by atoms with van der Waals surface area (Å²) in [5.74, 6) is 0.0328. The van der Waals surface area contributed by atoms with Crippen molar-refractivity contribution in [2.75, 3.05) is 5.32 Å². The number of aromatic nitrogens is 2. The third kappa shape index (κ3) is 5.01. The Balaban J connectivity index is 1.37. The lowest BCUT2D eigenvalue weighted by atomic mass is 10.0. The van der Waals surface area contributed by atoms with Gasteiger partial charge in [0.15, 0.2) is 5.82 Å². The van der Waals surface area contributed by atoms with E-state index >= 15 is 0 Å². The number of alkyl halides is 3. The summed E-state index contributed by atoms with van der Waals surface area (Å²) >= 11 is 12.1. The second-order valence-electron chi connectivity index (χ2n) is 8.15. The molecule has 0 aliphatic carbocycles. The Morgan fingerprint density at radius 3 is 2.28 bits per heavy atom. The number of anilines is 1. The molecule has 5 aromatic rings. The zero-order chi connectivity index (χ0) is 25.3. The Morgan fingerprint density at radius 1 is 0.778 bits per heavy atom. The molecule has 0 saturated carbocycles. The predicted octanol–water partition coefficient (Wildman–Crippen LogP) is 8.90. The second kappa shape index (κ2) is 9.80. The summed E-state index contributed by atoms with van der Waals surface area (Å²) in [7, 11) is 0. The summed E-state index contributed by atoms with van der Waals surface area (Å²) < 4.78 is 40.4. The Bertz CT molecular complexity index is 1550. The first-order valence-electron chi connectivity index (χ1n) is 11.0. The molecule has 0 radical (unpaired) electrons. The van der Waals surface area contributed by atoms with Gasteiger partial charge >= 0.3 is 6.18 Å². The summed E-state index contributed by atoms with van der Waals surface area (Å²) in [6.07, 6.45) is -2.94. The van der Waals surface area contributed by atoms with E-state index in [2.05, 4.69) is 15.3 Å². The molecule has 8 heteroatoms. The quantitative estimate of drug-likeness (QED) is 0.250. The van der Waals surface area contributed by atoms with Gasteiger partial charge in [0, 0.05) is 29.4 Å². The zero-order valence-corrected chi connectivity index (χ0v) is 20.2. The van der Waals surface area contributed by atoms with Crippen molar-refractivity contribution in [3.63, 3.8) is 0 Å². The van der Waals surface area contributed by atoms with Crippen LogP contribution in [0.25, 0.3) is 33.4 Å². The highest BCUT2D eigenvalue weighted by Gasteiger charge is 2.34. The molecule has 0 aliphatic heterocycles. The lowest BCUT2D eigenvalue weighted by Crippen LogP contribution is -2.08. The van der Waals surface area contributed by atoms with Crippen LogP contribution in [0, 0.1) is 0 Å². The van der Waals surface area contributed by atoms with E-state index in [-0.39, 0.29) is 11.4 Å². The first-order chi connectivity index (χ1) is 17.3. The average Bonchev–Trinajstić information content (AvgIpc) is 2.88. The Kier molecular flexibility index (Phi) is 6.56. The van der Waals surface area contributed by atoms with E-state index < -0.39 is 11.7 Å². The first-order valence-corrected chi connectivity index (χ1v) is 11.8. The normalized spacial score (nSPS) is 11.6. The van der Waals surface area contributed by atoms with Gasteiger partial charge in [0.2, 0.25) is 0 Å². The standard InChI is InChI=1S/C28H18Cl2F3N3/c29-23-13-12-19(14-24(23)30)18-10-8-17(9-11-18)15-34-25-6-3-7-26-21(25)16-35-27(36-26)20-4-1-2-5-22(20)28(31,32)33/h1-14,16,34H,15H2. The maximum atomic E-state index is 13.5. The second-order valence-corrected chi connectivity index (χ2v) is 8.97. The van der Waals surface area contributed by atoms with E-state index in [1.807, 2.05) is 48.5 Å². The van der Waals surface area contributed by atoms with Gasteiger partial charge in [-0.3, -0.25) is 0 Å². The fraction of sp³-hybridized carbons (Fsp3) is 0.0714. The summed E-state index contributed by atoms with van der Waals surface area (Å²) in [4.78, 5) is 8.68. The minimum absolute atomic E-state index is 0.0328. The van der Waals surface area contributed by atoms with E-state index in [1.165, 1.54) is 12.1 Å². The third-order valence-electron chi connectivity index (χ3n) is 5.79. The van der Waals surface area contributed by atoms with Crippen LogP contribution in [0.15, 0.2) is 91.1 Å². The van der Waals surface area contributed by atoms with Gasteiger partial charge < -0.3 is 5.32 Å². The van der Waals surface area contributed by atoms with Crippen LogP contribution in [0.4, 0.5) is 18.9 Å². The smallest absolute Gasteiger partial charge is 0.380 e. The maximum Gasteiger partial charge on any atom is 0.417 e. The molecule has 1 heterocycles. The highest BCUT2D eigenvalue weighted by molar-refractivity contribution is 6.42. The van der Waals surface area contributed by atoms with Crippen LogP contribution in [0.1, 0.15) is 11.1 Å².